The Kier molecular flexibility index (Phi) is 3.58. The quantitative estimate of drug-likeness (QED) is 0.839. The summed E-state index contributed by atoms with van der Waals surface area (Å²) < 4.78 is 5.31. The van der Waals surface area contributed by atoms with Crippen molar-refractivity contribution < 1.29 is 14.3 Å². The van der Waals surface area contributed by atoms with Crippen molar-refractivity contribution in [2.24, 2.45) is 0 Å². The summed E-state index contributed by atoms with van der Waals surface area (Å²) in [4.78, 5) is 11.6. The van der Waals surface area contributed by atoms with Gasteiger partial charge in [0.2, 0.25) is 0 Å². The summed E-state index contributed by atoms with van der Waals surface area (Å²) in [6.07, 6.45) is 6.37. The summed E-state index contributed by atoms with van der Waals surface area (Å²) in [6, 6.07) is 4.29. The van der Waals surface area contributed by atoms with Crippen molar-refractivity contribution in [1.82, 2.24) is 5.32 Å². The molecule has 2 aliphatic carbocycles. The fourth-order valence-electron chi connectivity index (χ4n) is 2.74. The molecule has 4 nitrogen and oxygen atoms in total. The summed E-state index contributed by atoms with van der Waals surface area (Å²) in [5.41, 5.74) is -0.679. The van der Waals surface area contributed by atoms with Crippen LogP contribution in [0.25, 0.3) is 0 Å². The zero-order chi connectivity index (χ0) is 13.3. The van der Waals surface area contributed by atoms with E-state index in [0.29, 0.717) is 11.3 Å². The van der Waals surface area contributed by atoms with Crippen LogP contribution < -0.4 is 5.32 Å². The summed E-state index contributed by atoms with van der Waals surface area (Å²) in [5, 5.41) is 13.3. The van der Waals surface area contributed by atoms with Gasteiger partial charge in [-0.05, 0) is 44.2 Å². The van der Waals surface area contributed by atoms with Crippen LogP contribution in [0.3, 0.4) is 0 Å². The van der Waals surface area contributed by atoms with Gasteiger partial charge in [0, 0.05) is 11.3 Å². The van der Waals surface area contributed by atoms with Crippen molar-refractivity contribution in [3.8, 4) is 0 Å². The maximum absolute atomic E-state index is 11.6. The molecule has 2 unspecified atom stereocenters. The molecule has 3 rings (SSSR count). The lowest BCUT2D eigenvalue weighted by atomic mass is 9.98. The minimum Gasteiger partial charge on any atom is -0.480 e. The first-order chi connectivity index (χ1) is 9.18. The van der Waals surface area contributed by atoms with E-state index in [9.17, 15) is 9.90 Å². The summed E-state index contributed by atoms with van der Waals surface area (Å²) >= 11 is 1.81. The molecule has 0 bridgehead atoms. The number of carboxylic acid groups (broad SMARTS) is 1. The summed E-state index contributed by atoms with van der Waals surface area (Å²) in [7, 11) is 0. The second kappa shape index (κ2) is 5.21. The van der Waals surface area contributed by atoms with Crippen LogP contribution in [-0.2, 0) is 10.5 Å². The van der Waals surface area contributed by atoms with Crippen molar-refractivity contribution >= 4 is 17.7 Å². The van der Waals surface area contributed by atoms with Gasteiger partial charge in [0.05, 0.1) is 12.0 Å². The fourth-order valence-corrected chi connectivity index (χ4v) is 3.99. The molecule has 0 amide bonds. The smallest absolute Gasteiger partial charge is 0.323 e. The molecule has 0 saturated heterocycles. The van der Waals surface area contributed by atoms with E-state index in [0.717, 1.165) is 43.6 Å². The Bertz CT molecular complexity index is 444. The van der Waals surface area contributed by atoms with Crippen molar-refractivity contribution in [3.63, 3.8) is 0 Å². The molecule has 0 aliphatic heterocycles. The van der Waals surface area contributed by atoms with Gasteiger partial charge in [-0.15, -0.1) is 0 Å². The Hall–Kier alpha value is -0.940. The van der Waals surface area contributed by atoms with E-state index >= 15 is 0 Å². The maximum atomic E-state index is 11.6. The van der Waals surface area contributed by atoms with Crippen LogP contribution in [0.2, 0.25) is 0 Å². The van der Waals surface area contributed by atoms with Crippen LogP contribution in [0.15, 0.2) is 22.8 Å². The topological polar surface area (TPSA) is 62.5 Å². The van der Waals surface area contributed by atoms with Crippen LogP contribution >= 0.6 is 11.8 Å². The summed E-state index contributed by atoms with van der Waals surface area (Å²) in [6.45, 7) is 0. The molecule has 0 spiro atoms. The SMILES string of the molecule is O=C(O)C1(NC2CC2)CCC(SCc2ccco2)C1. The van der Waals surface area contributed by atoms with E-state index in [2.05, 4.69) is 5.32 Å². The van der Waals surface area contributed by atoms with E-state index < -0.39 is 11.5 Å². The molecule has 104 valence electrons. The molecule has 19 heavy (non-hydrogen) atoms. The van der Waals surface area contributed by atoms with Crippen molar-refractivity contribution in [2.75, 3.05) is 0 Å². The average Bonchev–Trinajstić information content (AvgIpc) is 2.91. The molecule has 1 aromatic rings. The third-order valence-corrected chi connectivity index (χ3v) is 5.30. The monoisotopic (exact) mass is 281 g/mol. The first-order valence-electron chi connectivity index (χ1n) is 6.83. The van der Waals surface area contributed by atoms with E-state index in [-0.39, 0.29) is 0 Å². The third-order valence-electron chi connectivity index (χ3n) is 3.98. The Labute approximate surface area is 116 Å². The van der Waals surface area contributed by atoms with E-state index in [4.69, 9.17) is 4.42 Å². The minimum atomic E-state index is -0.680. The lowest BCUT2D eigenvalue weighted by molar-refractivity contribution is -0.144. The lowest BCUT2D eigenvalue weighted by Crippen LogP contribution is -2.51. The Morgan fingerprint density at radius 1 is 1.53 bits per heavy atom. The third kappa shape index (κ3) is 2.98. The number of hydrogen-bond acceptors (Lipinski definition) is 4. The molecule has 2 N–H and O–H groups in total. The molecule has 1 heterocycles. The standard InChI is InChI=1S/C14H19NO3S/c16-13(17)14(15-10-3-4-10)6-5-12(8-14)19-9-11-2-1-7-18-11/h1-2,7,10,12,15H,3-6,8-9H2,(H,16,17). The Morgan fingerprint density at radius 3 is 3.00 bits per heavy atom. The van der Waals surface area contributed by atoms with Crippen LogP contribution in [-0.4, -0.2) is 27.9 Å². The number of carboxylic acids is 1. The lowest BCUT2D eigenvalue weighted by Gasteiger charge is -2.26. The average molecular weight is 281 g/mol. The van der Waals surface area contributed by atoms with Gasteiger partial charge in [-0.2, -0.15) is 11.8 Å². The number of hydrogen-bond donors (Lipinski definition) is 2. The molecule has 0 radical (unpaired) electrons. The normalized spacial score (nSPS) is 30.6. The largest absolute Gasteiger partial charge is 0.480 e. The number of carbonyl (C=O) groups is 1. The number of rotatable bonds is 6. The van der Waals surface area contributed by atoms with Gasteiger partial charge in [0.15, 0.2) is 0 Å². The highest BCUT2D eigenvalue weighted by Gasteiger charge is 2.48. The first kappa shape index (κ1) is 13.1. The highest BCUT2D eigenvalue weighted by atomic mass is 32.2. The highest BCUT2D eigenvalue weighted by Crippen LogP contribution is 2.40. The molecule has 2 fully saturated rings. The van der Waals surface area contributed by atoms with Crippen LogP contribution in [0.5, 0.6) is 0 Å². The van der Waals surface area contributed by atoms with Crippen LogP contribution in [0.4, 0.5) is 0 Å². The zero-order valence-electron chi connectivity index (χ0n) is 10.8. The number of aliphatic carboxylic acids is 1. The number of furan rings is 1. The van der Waals surface area contributed by atoms with Crippen molar-refractivity contribution in [3.05, 3.63) is 24.2 Å². The minimum absolute atomic E-state index is 0.410. The van der Waals surface area contributed by atoms with Crippen molar-refractivity contribution in [1.29, 1.82) is 0 Å². The van der Waals surface area contributed by atoms with E-state index in [1.807, 2.05) is 23.9 Å². The molecule has 1 aromatic heterocycles. The van der Waals surface area contributed by atoms with Gasteiger partial charge >= 0.3 is 5.97 Å². The molecule has 0 aromatic carbocycles. The van der Waals surface area contributed by atoms with Gasteiger partial charge in [-0.3, -0.25) is 10.1 Å². The Morgan fingerprint density at radius 2 is 2.37 bits per heavy atom. The predicted molar refractivity (Wildman–Crippen MR) is 74.2 cm³/mol. The maximum Gasteiger partial charge on any atom is 0.323 e. The molecule has 2 saturated carbocycles. The second-order valence-electron chi connectivity index (χ2n) is 5.56. The molecule has 5 heteroatoms. The van der Waals surface area contributed by atoms with Gasteiger partial charge in [-0.1, -0.05) is 0 Å². The molecular formula is C14H19NO3S. The van der Waals surface area contributed by atoms with Gasteiger partial charge < -0.3 is 9.52 Å². The number of nitrogens with one attached hydrogen (secondary N) is 1. The van der Waals surface area contributed by atoms with Crippen LogP contribution in [0.1, 0.15) is 37.9 Å². The predicted octanol–water partition coefficient (Wildman–Crippen LogP) is 2.64. The zero-order valence-corrected chi connectivity index (χ0v) is 11.6. The Balaban J connectivity index is 1.56. The fraction of sp³-hybridized carbons (Fsp3) is 0.643. The molecular weight excluding hydrogens is 262 g/mol. The van der Waals surface area contributed by atoms with Gasteiger partial charge in [-0.25, -0.2) is 0 Å². The van der Waals surface area contributed by atoms with Crippen LogP contribution in [0, 0.1) is 0 Å². The highest BCUT2D eigenvalue weighted by molar-refractivity contribution is 7.99. The van der Waals surface area contributed by atoms with E-state index in [1.165, 1.54) is 0 Å². The molecule has 2 atom stereocenters. The molecule has 2 aliphatic rings. The van der Waals surface area contributed by atoms with E-state index in [1.54, 1.807) is 6.26 Å². The van der Waals surface area contributed by atoms with Gasteiger partial charge in [0.1, 0.15) is 11.3 Å². The van der Waals surface area contributed by atoms with Crippen molar-refractivity contribution in [2.45, 2.75) is 54.7 Å². The van der Waals surface area contributed by atoms with Gasteiger partial charge in [0.25, 0.3) is 0 Å². The number of thioether (sulfide) groups is 1. The summed E-state index contributed by atoms with van der Waals surface area (Å²) in [5.74, 6) is 1.12. The first-order valence-corrected chi connectivity index (χ1v) is 7.88. The second-order valence-corrected chi connectivity index (χ2v) is 6.85.